The first kappa shape index (κ1) is 30.2. The second kappa shape index (κ2) is 10.9. The molecule has 0 heterocycles. The number of aliphatic hydroxyl groups excluding tert-OH is 1. The predicted octanol–water partition coefficient (Wildman–Crippen LogP) is 3.22. The van der Waals surface area contributed by atoms with Crippen molar-refractivity contribution in [3.8, 4) is 0 Å². The Morgan fingerprint density at radius 1 is 1.00 bits per heavy atom. The molecule has 4 rings (SSSR count). The summed E-state index contributed by atoms with van der Waals surface area (Å²) in [5.74, 6) is 1.17. The Labute approximate surface area is 227 Å². The van der Waals surface area contributed by atoms with Crippen molar-refractivity contribution in [2.45, 2.75) is 97.2 Å². The van der Waals surface area contributed by atoms with Crippen LogP contribution in [0.4, 0.5) is 0 Å². The number of hydrogen-bond acceptors (Lipinski definition) is 7. The van der Waals surface area contributed by atoms with Crippen molar-refractivity contribution in [3.63, 3.8) is 0 Å². The molecule has 4 fully saturated rings. The topological polar surface area (TPSA) is 167 Å². The van der Waals surface area contributed by atoms with Crippen LogP contribution in [0.5, 0.6) is 0 Å². The van der Waals surface area contributed by atoms with Gasteiger partial charge in [-0.3, -0.25) is 13.9 Å². The number of carbonyl (C=O) groups excluding carboxylic acids is 1. The molecule has 1 amide bonds. The van der Waals surface area contributed by atoms with Crippen molar-refractivity contribution >= 4 is 26.4 Å². The predicted molar refractivity (Wildman–Crippen MR) is 141 cm³/mol. The number of hydrogen-bond donors (Lipinski definition) is 4. The van der Waals surface area contributed by atoms with E-state index in [1.165, 1.54) is 0 Å². The molecule has 12 heteroatoms. The van der Waals surface area contributed by atoms with Crippen molar-refractivity contribution in [1.82, 2.24) is 5.32 Å². The van der Waals surface area contributed by atoms with Crippen molar-refractivity contribution < 1.29 is 40.0 Å². The number of carbonyl (C=O) groups is 1. The van der Waals surface area contributed by atoms with E-state index in [4.69, 9.17) is 13.3 Å². The zero-order valence-electron chi connectivity index (χ0n) is 22.7. The van der Waals surface area contributed by atoms with Crippen LogP contribution >= 0.6 is 0 Å². The summed E-state index contributed by atoms with van der Waals surface area (Å²) in [6, 6.07) is 0. The molecular formula is C26H45NO9S2. The number of nitrogens with one attached hydrogen (secondary N) is 1. The van der Waals surface area contributed by atoms with E-state index in [1.54, 1.807) is 0 Å². The Bertz CT molecular complexity index is 1100. The van der Waals surface area contributed by atoms with Gasteiger partial charge in [0.2, 0.25) is 5.91 Å². The van der Waals surface area contributed by atoms with Crippen LogP contribution in [-0.2, 0) is 29.5 Å². The Kier molecular flexibility index (Phi) is 8.65. The molecule has 0 radical (unpaired) electrons. The minimum absolute atomic E-state index is 0.00808. The first-order valence-corrected chi connectivity index (χ1v) is 17.1. The third-order valence-electron chi connectivity index (χ3n) is 11.2. The van der Waals surface area contributed by atoms with Crippen molar-refractivity contribution in [2.24, 2.45) is 46.3 Å². The van der Waals surface area contributed by atoms with Gasteiger partial charge in [0.15, 0.2) is 0 Å². The van der Waals surface area contributed by atoms with Crippen LogP contribution in [0.25, 0.3) is 0 Å². The minimum Gasteiger partial charge on any atom is -0.393 e. The molecule has 10 atom stereocenters. The largest absolute Gasteiger partial charge is 0.397 e. The molecule has 3 unspecified atom stereocenters. The van der Waals surface area contributed by atoms with Gasteiger partial charge in [0, 0.05) is 13.0 Å². The van der Waals surface area contributed by atoms with E-state index in [1.807, 2.05) is 0 Å². The minimum atomic E-state index is -4.50. The van der Waals surface area contributed by atoms with Crippen LogP contribution < -0.4 is 5.32 Å². The maximum atomic E-state index is 12.2. The van der Waals surface area contributed by atoms with Crippen molar-refractivity contribution in [1.29, 1.82) is 0 Å². The lowest BCUT2D eigenvalue weighted by molar-refractivity contribution is -0.172. The summed E-state index contributed by atoms with van der Waals surface area (Å²) >= 11 is 0. The number of amides is 1. The molecular weight excluding hydrogens is 534 g/mol. The summed E-state index contributed by atoms with van der Waals surface area (Å²) in [6.07, 6.45) is 6.79. The highest BCUT2D eigenvalue weighted by Gasteiger charge is 2.63. The Morgan fingerprint density at radius 2 is 1.66 bits per heavy atom. The lowest BCUT2D eigenvalue weighted by Gasteiger charge is -2.62. The van der Waals surface area contributed by atoms with E-state index in [0.717, 1.165) is 32.1 Å². The SMILES string of the molecule is C[C@H](CCC(=O)NCCS(=O)(=O)O)[C@@H]1CCC2C3C(CC[C@]21C)[C@]1(C)CC[C@H](OS(=O)(=O)O)C[C@@H]1C[C@@H]3O. The molecule has 0 aliphatic heterocycles. The van der Waals surface area contributed by atoms with Crippen molar-refractivity contribution in [2.75, 3.05) is 12.3 Å². The van der Waals surface area contributed by atoms with E-state index in [2.05, 4.69) is 26.1 Å². The molecule has 0 aromatic carbocycles. The van der Waals surface area contributed by atoms with E-state index >= 15 is 0 Å². The highest BCUT2D eigenvalue weighted by Crippen LogP contribution is 2.68. The summed E-state index contributed by atoms with van der Waals surface area (Å²) < 4.78 is 67.2. The maximum absolute atomic E-state index is 12.2. The highest BCUT2D eigenvalue weighted by atomic mass is 32.3. The van der Waals surface area contributed by atoms with Gasteiger partial charge in [-0.25, -0.2) is 4.18 Å². The third-order valence-corrected chi connectivity index (χ3v) is 12.4. The average Bonchev–Trinajstić information content (AvgIpc) is 3.14. The monoisotopic (exact) mass is 579 g/mol. The molecule has 4 saturated carbocycles. The third kappa shape index (κ3) is 6.25. The quantitative estimate of drug-likeness (QED) is 0.300. The molecule has 38 heavy (non-hydrogen) atoms. The highest BCUT2D eigenvalue weighted by molar-refractivity contribution is 7.85. The number of aliphatic hydroxyl groups is 1. The normalized spacial score (nSPS) is 42.0. The van der Waals surface area contributed by atoms with Crippen LogP contribution in [0.3, 0.4) is 0 Å². The molecule has 0 bridgehead atoms. The van der Waals surface area contributed by atoms with Gasteiger partial charge in [-0.2, -0.15) is 16.8 Å². The summed E-state index contributed by atoms with van der Waals surface area (Å²) in [5, 5.41) is 14.0. The first-order chi connectivity index (χ1) is 17.5. The lowest BCUT2D eigenvalue weighted by atomic mass is 9.43. The van der Waals surface area contributed by atoms with E-state index in [-0.39, 0.29) is 35.1 Å². The fourth-order valence-electron chi connectivity index (χ4n) is 9.39. The number of fused-ring (bicyclic) bond motifs is 5. The van der Waals surface area contributed by atoms with Crippen LogP contribution in [0.15, 0.2) is 0 Å². The number of rotatable bonds is 9. The second-order valence-corrected chi connectivity index (χ2v) is 15.7. The summed E-state index contributed by atoms with van der Waals surface area (Å²) in [5.41, 5.74) is 0.0889. The average molecular weight is 580 g/mol. The zero-order chi connectivity index (χ0) is 28.1. The molecule has 4 aliphatic carbocycles. The van der Waals surface area contributed by atoms with Crippen LogP contribution in [0.2, 0.25) is 0 Å². The summed E-state index contributed by atoms with van der Waals surface area (Å²) in [7, 11) is -8.59. The molecule has 0 saturated heterocycles. The van der Waals surface area contributed by atoms with Gasteiger partial charge in [0.25, 0.3) is 10.1 Å². The standard InChI is InChI=1S/C26H45NO9S2/c1-16(4-7-23(29)27-12-13-37(30,31)32)19-5-6-20-24-21(9-11-26(19,20)3)25(2)10-8-18(36-38(33,34)35)14-17(25)15-22(24)28/h16-22,24,28H,4-15H2,1-3H3,(H,27,29)(H,30,31,32)(H,33,34,35)/t16-,17-,18+,19+,20?,21?,22+,24?,25-,26+/m1/s1. The molecule has 0 aromatic heterocycles. The van der Waals surface area contributed by atoms with Gasteiger partial charge in [0.1, 0.15) is 0 Å². The summed E-state index contributed by atoms with van der Waals surface area (Å²) in [6.45, 7) is 6.77. The van der Waals surface area contributed by atoms with Gasteiger partial charge in [-0.15, -0.1) is 0 Å². The first-order valence-electron chi connectivity index (χ1n) is 14.1. The fourth-order valence-corrected chi connectivity index (χ4v) is 10.3. The summed E-state index contributed by atoms with van der Waals surface area (Å²) in [4.78, 5) is 12.2. The Morgan fingerprint density at radius 3 is 2.32 bits per heavy atom. The maximum Gasteiger partial charge on any atom is 0.397 e. The van der Waals surface area contributed by atoms with E-state index < -0.39 is 38.5 Å². The Balaban J connectivity index is 1.39. The van der Waals surface area contributed by atoms with Crippen LogP contribution in [-0.4, -0.2) is 61.5 Å². The van der Waals surface area contributed by atoms with E-state index in [9.17, 15) is 26.7 Å². The van der Waals surface area contributed by atoms with Crippen LogP contribution in [0, 0.1) is 46.3 Å². The fraction of sp³-hybridized carbons (Fsp3) is 0.962. The van der Waals surface area contributed by atoms with Crippen molar-refractivity contribution in [3.05, 3.63) is 0 Å². The zero-order valence-corrected chi connectivity index (χ0v) is 24.3. The van der Waals surface area contributed by atoms with Gasteiger partial charge in [-0.05, 0) is 104 Å². The van der Waals surface area contributed by atoms with Crippen LogP contribution in [0.1, 0.15) is 85.0 Å². The lowest BCUT2D eigenvalue weighted by Crippen LogP contribution is -2.58. The molecule has 4 N–H and O–H groups in total. The smallest absolute Gasteiger partial charge is 0.393 e. The Hall–Kier alpha value is -0.790. The van der Waals surface area contributed by atoms with Gasteiger partial charge in [-0.1, -0.05) is 20.8 Å². The molecule has 10 nitrogen and oxygen atoms in total. The molecule has 0 aromatic rings. The molecule has 4 aliphatic rings. The van der Waals surface area contributed by atoms with E-state index in [0.29, 0.717) is 55.8 Å². The van der Waals surface area contributed by atoms with Gasteiger partial charge in [0.05, 0.1) is 18.0 Å². The second-order valence-electron chi connectivity index (χ2n) is 13.1. The molecule has 0 spiro atoms. The van der Waals surface area contributed by atoms with Gasteiger partial charge >= 0.3 is 10.4 Å². The molecule has 220 valence electrons. The van der Waals surface area contributed by atoms with Gasteiger partial charge < -0.3 is 10.4 Å².